The first-order valence-electron chi connectivity index (χ1n) is 5.68. The van der Waals surface area contributed by atoms with Gasteiger partial charge in [-0.15, -0.1) is 13.2 Å². The van der Waals surface area contributed by atoms with Gasteiger partial charge in [0.1, 0.15) is 13.3 Å². The average Bonchev–Trinajstić information content (AvgIpc) is 2.48. The third kappa shape index (κ3) is 53.5. The highest BCUT2D eigenvalue weighted by Gasteiger charge is 1.94. The van der Waals surface area contributed by atoms with Gasteiger partial charge >= 0.3 is 12.1 Å². The summed E-state index contributed by atoms with van der Waals surface area (Å²) < 4.78 is 8.57. The smallest absolute Gasteiger partial charge is 0.409 e. The van der Waals surface area contributed by atoms with E-state index in [0.717, 1.165) is 12.3 Å². The molecule has 4 N–H and O–H groups in total. The lowest BCUT2D eigenvalue weighted by atomic mass is 10.6. The molecule has 0 fully saturated rings. The summed E-state index contributed by atoms with van der Waals surface area (Å²) in [5.74, 6) is -0.810. The van der Waals surface area contributed by atoms with Gasteiger partial charge in [0.25, 0.3) is 0 Å². The van der Waals surface area contributed by atoms with Crippen molar-refractivity contribution in [3.05, 3.63) is 51.3 Å². The van der Waals surface area contributed by atoms with Crippen molar-refractivity contribution in [2.75, 3.05) is 13.3 Å². The first-order valence-corrected chi connectivity index (χ1v) is 5.68. The van der Waals surface area contributed by atoms with Gasteiger partial charge in [0, 0.05) is 6.92 Å². The highest BCUT2D eigenvalue weighted by atomic mass is 16.5. The maximum absolute atomic E-state index is 10.3. The fourth-order valence-electron chi connectivity index (χ4n) is 0.368. The monoisotopic (exact) mass is 316 g/mol. The van der Waals surface area contributed by atoms with E-state index in [1.165, 1.54) is 13.0 Å². The highest BCUT2D eigenvalue weighted by molar-refractivity contribution is 5.84. The van der Waals surface area contributed by atoms with E-state index in [2.05, 4.69) is 48.1 Å². The summed E-state index contributed by atoms with van der Waals surface area (Å²) in [6, 6.07) is 0. The van der Waals surface area contributed by atoms with Crippen molar-refractivity contribution >= 4 is 18.0 Å². The van der Waals surface area contributed by atoms with Gasteiger partial charge in [-0.05, 0) is 6.08 Å². The van der Waals surface area contributed by atoms with Gasteiger partial charge in [-0.1, -0.05) is 25.8 Å². The Morgan fingerprint density at radius 2 is 1.68 bits per heavy atom. The van der Waals surface area contributed by atoms with Crippen LogP contribution in [0.5, 0.6) is 0 Å². The Kier molecular flexibility index (Phi) is 33.3. The number of carbonyl (C=O) groups is 3. The van der Waals surface area contributed by atoms with E-state index in [1.807, 2.05) is 5.32 Å². The molecule has 0 rings (SSSR count). The summed E-state index contributed by atoms with van der Waals surface area (Å²) >= 11 is 0. The molecule has 0 saturated carbocycles. The standard InChI is InChI=1S/C5H9NO3.C4H6O2.C3H5NO.C2H4/c1-2-3-9-5(8)6-4-7;1-3-6-4(2)5;1-2-3(4)5;1-2/h2,7H,1,3-4H2,(H,6,8);3H,1H2,2H3;2H,1H2,(H2,4,5);1-2H2. The molecule has 0 saturated heterocycles. The van der Waals surface area contributed by atoms with Crippen LogP contribution < -0.4 is 11.1 Å². The van der Waals surface area contributed by atoms with Crippen molar-refractivity contribution in [2.45, 2.75) is 6.92 Å². The number of rotatable bonds is 5. The van der Waals surface area contributed by atoms with Crippen LogP contribution in [0.1, 0.15) is 6.92 Å². The molecule has 8 heteroatoms. The lowest BCUT2D eigenvalue weighted by molar-refractivity contribution is -0.135. The van der Waals surface area contributed by atoms with E-state index in [1.54, 1.807) is 0 Å². The van der Waals surface area contributed by atoms with Crippen molar-refractivity contribution in [2.24, 2.45) is 5.73 Å². The van der Waals surface area contributed by atoms with Crippen molar-refractivity contribution in [1.82, 2.24) is 5.32 Å². The number of aliphatic hydroxyl groups excluding tert-OH is 1. The third-order valence-electron chi connectivity index (χ3n) is 1.01. The molecule has 8 nitrogen and oxygen atoms in total. The van der Waals surface area contributed by atoms with Crippen LogP contribution in [0.15, 0.2) is 51.3 Å². The summed E-state index contributed by atoms with van der Waals surface area (Å²) in [6.07, 6.45) is 2.96. The molecule has 2 amide bonds. The second-order valence-electron chi connectivity index (χ2n) is 2.60. The Hall–Kier alpha value is -2.87. The Balaban J connectivity index is -0.000000109. The minimum atomic E-state index is -0.641. The van der Waals surface area contributed by atoms with Crippen molar-refractivity contribution < 1.29 is 29.0 Å². The second-order valence-corrected chi connectivity index (χ2v) is 2.60. The van der Waals surface area contributed by atoms with Crippen LogP contribution in [0.4, 0.5) is 4.79 Å². The van der Waals surface area contributed by atoms with Gasteiger partial charge in [0.05, 0.1) is 6.26 Å². The molecule has 0 aliphatic rings. The van der Waals surface area contributed by atoms with E-state index in [-0.39, 0.29) is 12.6 Å². The lowest BCUT2D eigenvalue weighted by Crippen LogP contribution is -2.24. The molecule has 0 aromatic heterocycles. The Morgan fingerprint density at radius 3 is 1.86 bits per heavy atom. The molecule has 0 heterocycles. The number of aliphatic hydroxyl groups is 1. The third-order valence-corrected chi connectivity index (χ3v) is 1.01. The molecule has 0 spiro atoms. The number of esters is 1. The SMILES string of the molecule is C=C.C=CC(N)=O.C=CCOC(=O)NCO.C=COC(C)=O. The zero-order valence-electron chi connectivity index (χ0n) is 12.7. The molecular formula is C14H24N2O6. The van der Waals surface area contributed by atoms with Gasteiger partial charge in [0.2, 0.25) is 5.91 Å². The van der Waals surface area contributed by atoms with Gasteiger partial charge in [0.15, 0.2) is 0 Å². The topological polar surface area (TPSA) is 128 Å². The summed E-state index contributed by atoms with van der Waals surface area (Å²) in [5, 5.41) is 10.1. The molecule has 0 aromatic carbocycles. The lowest BCUT2D eigenvalue weighted by Gasteiger charge is -1.99. The molecule has 126 valence electrons. The number of ether oxygens (including phenoxy) is 2. The number of hydrogen-bond donors (Lipinski definition) is 3. The first kappa shape index (κ1) is 27.5. The largest absolute Gasteiger partial charge is 0.445 e. The van der Waals surface area contributed by atoms with Crippen LogP contribution in [-0.4, -0.2) is 36.4 Å². The first-order chi connectivity index (χ1) is 10.3. The quantitative estimate of drug-likeness (QED) is 0.228. The van der Waals surface area contributed by atoms with Gasteiger partial charge in [-0.2, -0.15) is 0 Å². The Labute approximate surface area is 130 Å². The number of primary amides is 1. The van der Waals surface area contributed by atoms with Crippen LogP contribution in [0, 0.1) is 0 Å². The average molecular weight is 316 g/mol. The number of nitrogens with two attached hydrogens (primary N) is 1. The van der Waals surface area contributed by atoms with E-state index < -0.39 is 18.7 Å². The Morgan fingerprint density at radius 1 is 1.23 bits per heavy atom. The summed E-state index contributed by atoms with van der Waals surface area (Å²) in [4.78, 5) is 29.5. The molecule has 0 aromatic rings. The minimum absolute atomic E-state index is 0.159. The molecule has 0 aliphatic heterocycles. The number of alkyl carbamates (subject to hydrolysis) is 1. The molecule has 0 unspecified atom stereocenters. The van der Waals surface area contributed by atoms with E-state index in [9.17, 15) is 14.4 Å². The van der Waals surface area contributed by atoms with E-state index >= 15 is 0 Å². The zero-order valence-corrected chi connectivity index (χ0v) is 12.7. The van der Waals surface area contributed by atoms with Crippen LogP contribution in [0.3, 0.4) is 0 Å². The normalized spacial score (nSPS) is 6.82. The number of carbonyl (C=O) groups excluding carboxylic acids is 3. The minimum Gasteiger partial charge on any atom is -0.445 e. The van der Waals surface area contributed by atoms with E-state index in [0.29, 0.717) is 0 Å². The van der Waals surface area contributed by atoms with Crippen molar-refractivity contribution in [1.29, 1.82) is 0 Å². The van der Waals surface area contributed by atoms with Gasteiger partial charge in [-0.3, -0.25) is 14.9 Å². The molecule has 0 atom stereocenters. The highest BCUT2D eigenvalue weighted by Crippen LogP contribution is 1.75. The van der Waals surface area contributed by atoms with E-state index in [4.69, 9.17) is 5.11 Å². The molecule has 0 radical (unpaired) electrons. The summed E-state index contributed by atoms with van der Waals surface area (Å²) in [6.45, 7) is 16.6. The van der Waals surface area contributed by atoms with Crippen LogP contribution in [0.25, 0.3) is 0 Å². The number of amides is 2. The predicted molar refractivity (Wildman–Crippen MR) is 84.4 cm³/mol. The van der Waals surface area contributed by atoms with Gasteiger partial charge < -0.3 is 20.3 Å². The summed E-state index contributed by atoms with van der Waals surface area (Å²) in [5.41, 5.74) is 4.53. The maximum atomic E-state index is 10.3. The second kappa shape index (κ2) is 26.6. The van der Waals surface area contributed by atoms with Gasteiger partial charge in [-0.25, -0.2) is 4.79 Å². The predicted octanol–water partition coefficient (Wildman–Crippen LogP) is 1.00. The van der Waals surface area contributed by atoms with Crippen molar-refractivity contribution in [3.8, 4) is 0 Å². The van der Waals surface area contributed by atoms with Crippen LogP contribution in [-0.2, 0) is 19.1 Å². The van der Waals surface area contributed by atoms with Crippen LogP contribution >= 0.6 is 0 Å². The van der Waals surface area contributed by atoms with Crippen molar-refractivity contribution in [3.63, 3.8) is 0 Å². The summed E-state index contributed by atoms with van der Waals surface area (Å²) in [7, 11) is 0. The molecule has 0 aliphatic carbocycles. The Bertz CT molecular complexity index is 342. The molecule has 22 heavy (non-hydrogen) atoms. The van der Waals surface area contributed by atoms with Crippen LogP contribution in [0.2, 0.25) is 0 Å². The molecular weight excluding hydrogens is 292 g/mol. The number of hydrogen-bond acceptors (Lipinski definition) is 6. The fourth-order valence-corrected chi connectivity index (χ4v) is 0.368. The number of nitrogens with one attached hydrogen (secondary N) is 1. The fraction of sp³-hybridized carbons (Fsp3) is 0.214. The molecule has 0 bridgehead atoms. The zero-order chi connectivity index (χ0) is 18.4. The maximum Gasteiger partial charge on any atom is 0.409 e.